The largest absolute Gasteiger partial charge is 0.481 e. The van der Waals surface area contributed by atoms with Crippen LogP contribution in [-0.2, 0) is 4.79 Å². The molecule has 0 aliphatic carbocycles. The number of halogens is 1. The fourth-order valence-electron chi connectivity index (χ4n) is 4.19. The highest BCUT2D eigenvalue weighted by Crippen LogP contribution is 2.24. The van der Waals surface area contributed by atoms with E-state index >= 15 is 0 Å². The van der Waals surface area contributed by atoms with Crippen molar-refractivity contribution in [2.75, 3.05) is 19.6 Å². The Morgan fingerprint density at radius 1 is 1.06 bits per heavy atom. The number of para-hydroxylation sites is 2. The van der Waals surface area contributed by atoms with Crippen molar-refractivity contribution in [3.05, 3.63) is 80.6 Å². The van der Waals surface area contributed by atoms with E-state index in [1.807, 2.05) is 18.2 Å². The number of ketones is 1. The van der Waals surface area contributed by atoms with Crippen molar-refractivity contribution in [1.29, 1.82) is 0 Å². The summed E-state index contributed by atoms with van der Waals surface area (Å²) in [5, 5.41) is 7.42. The standard InChI is InChI=1S/C23H24FN3O3.C2H4O2/c24-17-9-7-16(8-10-17)21(28)6-3-13-26-14-11-18(12-15-26)27-20-5-2-1-4-19(20)25-22(29)23(27)30;1-2(3)4/h1-2,4-5,7-10,18H,3,6,11-15H2,(H,25,29);1H3,(H,3,4). The molecule has 9 heteroatoms. The molecule has 3 aromatic rings. The first-order valence-electron chi connectivity index (χ1n) is 11.2. The summed E-state index contributed by atoms with van der Waals surface area (Å²) in [7, 11) is 0. The van der Waals surface area contributed by atoms with E-state index < -0.39 is 17.1 Å². The van der Waals surface area contributed by atoms with Gasteiger partial charge in [0.2, 0.25) is 0 Å². The Balaban J connectivity index is 0.000000751. The van der Waals surface area contributed by atoms with E-state index in [0.717, 1.165) is 51.3 Å². The molecule has 8 nitrogen and oxygen atoms in total. The zero-order valence-corrected chi connectivity index (χ0v) is 19.0. The van der Waals surface area contributed by atoms with Gasteiger partial charge < -0.3 is 15.0 Å². The van der Waals surface area contributed by atoms with E-state index in [1.54, 1.807) is 10.6 Å². The number of carboxylic acid groups (broad SMARTS) is 1. The molecule has 2 aromatic carbocycles. The Morgan fingerprint density at radius 2 is 1.68 bits per heavy atom. The summed E-state index contributed by atoms with van der Waals surface area (Å²) in [5.74, 6) is -1.16. The number of carbonyl (C=O) groups is 2. The molecule has 0 radical (unpaired) electrons. The average molecular weight is 470 g/mol. The van der Waals surface area contributed by atoms with Crippen molar-refractivity contribution in [2.45, 2.75) is 38.6 Å². The molecule has 0 unspecified atom stereocenters. The lowest BCUT2D eigenvalue weighted by Gasteiger charge is -2.33. The molecule has 0 saturated carbocycles. The number of piperidine rings is 1. The zero-order valence-electron chi connectivity index (χ0n) is 19.0. The maximum absolute atomic E-state index is 13.0. The average Bonchev–Trinajstić information content (AvgIpc) is 2.81. The number of H-pyrrole nitrogens is 1. The first-order valence-corrected chi connectivity index (χ1v) is 11.2. The van der Waals surface area contributed by atoms with Crippen LogP contribution in [0.25, 0.3) is 11.0 Å². The number of Topliss-reactive ketones (excluding diaryl/α,β-unsaturated/α-hetero) is 1. The molecule has 1 aromatic heterocycles. The summed E-state index contributed by atoms with van der Waals surface area (Å²) in [4.78, 5) is 50.7. The van der Waals surface area contributed by atoms with Gasteiger partial charge in [-0.25, -0.2) is 4.39 Å². The third kappa shape index (κ3) is 6.48. The maximum Gasteiger partial charge on any atom is 0.316 e. The predicted octanol–water partition coefficient (Wildman–Crippen LogP) is 3.22. The monoisotopic (exact) mass is 469 g/mol. The molecule has 1 aliphatic heterocycles. The van der Waals surface area contributed by atoms with Crippen LogP contribution in [0.5, 0.6) is 0 Å². The summed E-state index contributed by atoms with van der Waals surface area (Å²) in [5.41, 5.74) is 0.873. The predicted molar refractivity (Wildman–Crippen MR) is 127 cm³/mol. The van der Waals surface area contributed by atoms with Crippen LogP contribution < -0.4 is 11.1 Å². The van der Waals surface area contributed by atoms with Crippen molar-refractivity contribution in [3.63, 3.8) is 0 Å². The molecule has 0 bridgehead atoms. The van der Waals surface area contributed by atoms with Crippen LogP contribution in [0, 0.1) is 5.82 Å². The highest BCUT2D eigenvalue weighted by atomic mass is 19.1. The molecule has 1 saturated heterocycles. The van der Waals surface area contributed by atoms with Crippen LogP contribution >= 0.6 is 0 Å². The van der Waals surface area contributed by atoms with E-state index in [-0.39, 0.29) is 17.6 Å². The number of aliphatic carboxylic acids is 1. The van der Waals surface area contributed by atoms with Crippen molar-refractivity contribution in [3.8, 4) is 0 Å². The number of fused-ring (bicyclic) bond motifs is 1. The summed E-state index contributed by atoms with van der Waals surface area (Å²) in [6, 6.07) is 13.0. The fourth-order valence-corrected chi connectivity index (χ4v) is 4.19. The SMILES string of the molecule is CC(=O)O.O=C(CCCN1CCC(n2c(=O)c(=O)[nH]c3ccccc32)CC1)c1ccc(F)cc1. The second-order valence-corrected chi connectivity index (χ2v) is 8.27. The second kappa shape index (κ2) is 11.5. The molecule has 0 spiro atoms. The van der Waals surface area contributed by atoms with Gasteiger partial charge in [0, 0.05) is 38.0 Å². The molecule has 2 heterocycles. The zero-order chi connectivity index (χ0) is 24.7. The Bertz CT molecular complexity index is 1250. The fraction of sp³-hybridized carbons (Fsp3) is 0.360. The number of nitrogens with one attached hydrogen (secondary N) is 1. The van der Waals surface area contributed by atoms with Crippen molar-refractivity contribution < 1.29 is 19.1 Å². The minimum Gasteiger partial charge on any atom is -0.481 e. The number of rotatable bonds is 6. The van der Waals surface area contributed by atoms with Crippen LogP contribution in [0.2, 0.25) is 0 Å². The van der Waals surface area contributed by atoms with E-state index in [1.165, 1.54) is 24.3 Å². The molecule has 4 rings (SSSR count). The lowest BCUT2D eigenvalue weighted by atomic mass is 10.0. The molecule has 2 N–H and O–H groups in total. The number of hydrogen-bond acceptors (Lipinski definition) is 5. The molecule has 0 atom stereocenters. The third-order valence-electron chi connectivity index (χ3n) is 5.79. The van der Waals surface area contributed by atoms with Gasteiger partial charge >= 0.3 is 11.1 Å². The lowest BCUT2D eigenvalue weighted by molar-refractivity contribution is -0.134. The van der Waals surface area contributed by atoms with Gasteiger partial charge in [-0.15, -0.1) is 0 Å². The number of carboxylic acids is 1. The van der Waals surface area contributed by atoms with Gasteiger partial charge in [0.15, 0.2) is 5.78 Å². The highest BCUT2D eigenvalue weighted by Gasteiger charge is 2.23. The van der Waals surface area contributed by atoms with Crippen LogP contribution in [-0.4, -0.2) is 50.9 Å². The van der Waals surface area contributed by atoms with Crippen molar-refractivity contribution in [2.24, 2.45) is 0 Å². The Hall–Kier alpha value is -3.59. The summed E-state index contributed by atoms with van der Waals surface area (Å²) in [6.07, 6.45) is 2.71. The number of carbonyl (C=O) groups excluding carboxylic acids is 1. The minimum absolute atomic E-state index is 0.0122. The molecule has 0 amide bonds. The van der Waals surface area contributed by atoms with Gasteiger partial charge in [-0.2, -0.15) is 0 Å². The normalized spacial score (nSPS) is 14.4. The number of likely N-dealkylation sites (tertiary alicyclic amines) is 1. The maximum atomic E-state index is 13.0. The van der Waals surface area contributed by atoms with Crippen LogP contribution in [0.1, 0.15) is 49.0 Å². The van der Waals surface area contributed by atoms with Gasteiger partial charge in [-0.3, -0.25) is 23.7 Å². The van der Waals surface area contributed by atoms with E-state index in [9.17, 15) is 18.8 Å². The summed E-state index contributed by atoms with van der Waals surface area (Å²) >= 11 is 0. The summed E-state index contributed by atoms with van der Waals surface area (Å²) < 4.78 is 14.6. The minimum atomic E-state index is -0.833. The van der Waals surface area contributed by atoms with Crippen LogP contribution in [0.3, 0.4) is 0 Å². The Labute approximate surface area is 195 Å². The molecular formula is C25H28FN3O5. The topological polar surface area (TPSA) is 112 Å². The van der Waals surface area contributed by atoms with Gasteiger partial charge in [0.25, 0.3) is 5.97 Å². The molecule has 180 valence electrons. The molecule has 1 fully saturated rings. The number of nitrogens with zero attached hydrogens (tertiary/aromatic N) is 2. The smallest absolute Gasteiger partial charge is 0.316 e. The van der Waals surface area contributed by atoms with Crippen molar-refractivity contribution >= 4 is 22.8 Å². The first kappa shape index (κ1) is 25.0. The first-order chi connectivity index (χ1) is 16.3. The van der Waals surface area contributed by atoms with Crippen LogP contribution in [0.15, 0.2) is 58.1 Å². The van der Waals surface area contributed by atoms with Gasteiger partial charge in [0.05, 0.1) is 11.0 Å². The Morgan fingerprint density at radius 3 is 2.32 bits per heavy atom. The number of aromatic nitrogens is 2. The lowest BCUT2D eigenvalue weighted by Crippen LogP contribution is -2.42. The molecular weight excluding hydrogens is 441 g/mol. The molecule has 34 heavy (non-hydrogen) atoms. The van der Waals surface area contributed by atoms with E-state index in [2.05, 4.69) is 9.88 Å². The van der Waals surface area contributed by atoms with Crippen LogP contribution in [0.4, 0.5) is 4.39 Å². The number of aromatic amines is 1. The Kier molecular flexibility index (Phi) is 8.48. The quantitative estimate of drug-likeness (QED) is 0.423. The van der Waals surface area contributed by atoms with E-state index in [0.29, 0.717) is 17.5 Å². The van der Waals surface area contributed by atoms with Gasteiger partial charge in [-0.1, -0.05) is 12.1 Å². The molecule has 1 aliphatic rings. The van der Waals surface area contributed by atoms with E-state index in [4.69, 9.17) is 9.90 Å². The third-order valence-corrected chi connectivity index (χ3v) is 5.79. The number of benzene rings is 2. The summed E-state index contributed by atoms with van der Waals surface area (Å²) in [6.45, 7) is 3.50. The van der Waals surface area contributed by atoms with Gasteiger partial charge in [0.1, 0.15) is 5.82 Å². The second-order valence-electron chi connectivity index (χ2n) is 8.27. The highest BCUT2D eigenvalue weighted by molar-refractivity contribution is 5.95. The van der Waals surface area contributed by atoms with Gasteiger partial charge in [-0.05, 0) is 62.2 Å². The van der Waals surface area contributed by atoms with Crippen molar-refractivity contribution in [1.82, 2.24) is 14.5 Å². The number of hydrogen-bond donors (Lipinski definition) is 2.